The van der Waals surface area contributed by atoms with Crippen LogP contribution in [0.2, 0.25) is 0 Å². The van der Waals surface area contributed by atoms with Crippen molar-refractivity contribution in [1.29, 1.82) is 0 Å². The Bertz CT molecular complexity index is 970. The Morgan fingerprint density at radius 3 is 2.76 bits per heavy atom. The molecule has 3 aromatic rings. The number of para-hydroxylation sites is 1. The van der Waals surface area contributed by atoms with E-state index in [0.717, 1.165) is 42.3 Å². The largest absolute Gasteiger partial charge is 0.493 e. The minimum absolute atomic E-state index is 0.219. The first-order chi connectivity index (χ1) is 16.2. The van der Waals surface area contributed by atoms with E-state index in [1.165, 1.54) is 0 Å². The molecule has 176 valence electrons. The van der Waals surface area contributed by atoms with E-state index in [1.807, 2.05) is 42.5 Å². The lowest BCUT2D eigenvalue weighted by Gasteiger charge is -2.20. The van der Waals surface area contributed by atoms with Crippen molar-refractivity contribution in [2.75, 3.05) is 43.5 Å². The second-order valence-electron chi connectivity index (χ2n) is 7.94. The highest BCUT2D eigenvalue weighted by Crippen LogP contribution is 2.25. The molecule has 8 nitrogen and oxygen atoms in total. The van der Waals surface area contributed by atoms with Gasteiger partial charge in [-0.3, -0.25) is 0 Å². The van der Waals surface area contributed by atoms with Crippen molar-refractivity contribution in [2.45, 2.75) is 24.3 Å². The Morgan fingerprint density at radius 2 is 1.97 bits per heavy atom. The van der Waals surface area contributed by atoms with Gasteiger partial charge in [0.25, 0.3) is 0 Å². The van der Waals surface area contributed by atoms with Gasteiger partial charge < -0.3 is 29.6 Å². The van der Waals surface area contributed by atoms with Crippen LogP contribution < -0.4 is 15.0 Å². The Balaban J connectivity index is 1.21. The van der Waals surface area contributed by atoms with Crippen LogP contribution in [0, 0.1) is 0 Å². The van der Waals surface area contributed by atoms with Crippen LogP contribution in [-0.4, -0.2) is 71.2 Å². The summed E-state index contributed by atoms with van der Waals surface area (Å²) in [6.45, 7) is 2.64. The average Bonchev–Trinajstić information content (AvgIpc) is 3.53. The summed E-state index contributed by atoms with van der Waals surface area (Å²) >= 11 is 1.70. The summed E-state index contributed by atoms with van der Waals surface area (Å²) in [6, 6.07) is 18.2. The first kappa shape index (κ1) is 23.6. The molecule has 3 N–H and O–H groups in total. The van der Waals surface area contributed by atoms with E-state index in [2.05, 4.69) is 32.5 Å². The van der Waals surface area contributed by atoms with Gasteiger partial charge in [-0.05, 0) is 42.8 Å². The third kappa shape index (κ3) is 6.94. The fraction of sp³-hybridized carbons (Fsp3) is 0.417. The summed E-state index contributed by atoms with van der Waals surface area (Å²) in [5.41, 5.74) is 2.04. The zero-order valence-electron chi connectivity index (χ0n) is 18.5. The third-order valence-corrected chi connectivity index (χ3v) is 6.36. The number of aromatic nitrogens is 2. The third-order valence-electron chi connectivity index (χ3n) is 5.45. The molecule has 0 radical (unpaired) electrons. The van der Waals surface area contributed by atoms with E-state index in [0.29, 0.717) is 36.7 Å². The second kappa shape index (κ2) is 12.0. The molecule has 9 heteroatoms. The number of nitrogens with zero attached hydrogens (tertiary/aromatic N) is 3. The van der Waals surface area contributed by atoms with E-state index in [-0.39, 0.29) is 6.61 Å². The highest BCUT2D eigenvalue weighted by Gasteiger charge is 2.23. The lowest BCUT2D eigenvalue weighted by atomic mass is 10.2. The highest BCUT2D eigenvalue weighted by molar-refractivity contribution is 7.98. The van der Waals surface area contributed by atoms with Gasteiger partial charge in [0.2, 0.25) is 11.8 Å². The van der Waals surface area contributed by atoms with Crippen molar-refractivity contribution >= 4 is 17.4 Å². The number of nitrogens with one attached hydrogen (secondary N) is 1. The SMILES string of the molecule is OCC(O)CNC1CCN(c2ccc(-c3nnc(CSCCOc4ccccc4)o3)cc2)C1. The van der Waals surface area contributed by atoms with Crippen LogP contribution >= 0.6 is 11.8 Å². The molecule has 1 aliphatic heterocycles. The average molecular weight is 471 g/mol. The predicted molar refractivity (Wildman–Crippen MR) is 130 cm³/mol. The topological polar surface area (TPSA) is 104 Å². The van der Waals surface area contributed by atoms with Crippen LogP contribution in [0.25, 0.3) is 11.5 Å². The first-order valence-electron chi connectivity index (χ1n) is 11.2. The van der Waals surface area contributed by atoms with Crippen LogP contribution in [0.4, 0.5) is 5.69 Å². The molecule has 0 spiro atoms. The van der Waals surface area contributed by atoms with Gasteiger partial charge in [-0.25, -0.2) is 0 Å². The lowest BCUT2D eigenvalue weighted by Crippen LogP contribution is -2.38. The van der Waals surface area contributed by atoms with Crippen LogP contribution in [0.5, 0.6) is 5.75 Å². The maximum atomic E-state index is 9.50. The highest BCUT2D eigenvalue weighted by atomic mass is 32.2. The number of ether oxygens (including phenoxy) is 1. The van der Waals surface area contributed by atoms with E-state index >= 15 is 0 Å². The molecule has 0 amide bonds. The van der Waals surface area contributed by atoms with E-state index < -0.39 is 6.10 Å². The molecule has 33 heavy (non-hydrogen) atoms. The molecule has 2 aromatic carbocycles. The monoisotopic (exact) mass is 470 g/mol. The fourth-order valence-corrected chi connectivity index (χ4v) is 4.30. The van der Waals surface area contributed by atoms with E-state index in [4.69, 9.17) is 14.3 Å². The minimum Gasteiger partial charge on any atom is -0.493 e. The Morgan fingerprint density at radius 1 is 1.15 bits per heavy atom. The molecule has 4 rings (SSSR count). The molecule has 0 aliphatic carbocycles. The summed E-state index contributed by atoms with van der Waals surface area (Å²) in [5.74, 6) is 3.50. The summed E-state index contributed by atoms with van der Waals surface area (Å²) in [7, 11) is 0. The zero-order valence-corrected chi connectivity index (χ0v) is 19.3. The Hall–Kier alpha value is -2.59. The molecule has 1 aliphatic rings. The van der Waals surface area contributed by atoms with E-state index in [9.17, 15) is 5.11 Å². The Kier molecular flexibility index (Phi) is 8.59. The van der Waals surface area contributed by atoms with Gasteiger partial charge in [-0.2, -0.15) is 0 Å². The van der Waals surface area contributed by atoms with Crippen molar-refractivity contribution in [3.8, 4) is 17.2 Å². The maximum absolute atomic E-state index is 9.50. The van der Waals surface area contributed by atoms with Crippen molar-refractivity contribution in [3.05, 3.63) is 60.5 Å². The molecule has 1 fully saturated rings. The summed E-state index contributed by atoms with van der Waals surface area (Å²) in [4.78, 5) is 2.31. The maximum Gasteiger partial charge on any atom is 0.247 e. The van der Waals surface area contributed by atoms with Gasteiger partial charge in [0, 0.05) is 42.7 Å². The summed E-state index contributed by atoms with van der Waals surface area (Å²) < 4.78 is 11.5. The molecule has 2 atom stereocenters. The van der Waals surface area contributed by atoms with Crippen molar-refractivity contribution in [2.24, 2.45) is 0 Å². The normalized spacial score (nSPS) is 16.8. The van der Waals surface area contributed by atoms with Gasteiger partial charge >= 0.3 is 0 Å². The van der Waals surface area contributed by atoms with Gasteiger partial charge in [0.05, 0.1) is 25.1 Å². The molecule has 2 heterocycles. The molecule has 2 unspecified atom stereocenters. The zero-order chi connectivity index (χ0) is 22.9. The van der Waals surface area contributed by atoms with Crippen molar-refractivity contribution in [1.82, 2.24) is 15.5 Å². The number of hydrogen-bond acceptors (Lipinski definition) is 9. The number of aliphatic hydroxyl groups is 2. The van der Waals surface area contributed by atoms with Gasteiger partial charge in [0.1, 0.15) is 5.75 Å². The second-order valence-corrected chi connectivity index (χ2v) is 9.04. The molecule has 0 bridgehead atoms. The van der Waals surface area contributed by atoms with Gasteiger partial charge in [-0.1, -0.05) is 18.2 Å². The van der Waals surface area contributed by atoms with E-state index in [1.54, 1.807) is 11.8 Å². The number of anilines is 1. The number of hydrogen-bond donors (Lipinski definition) is 3. The summed E-state index contributed by atoms with van der Waals surface area (Å²) in [6.07, 6.45) is 0.291. The molecule has 1 saturated heterocycles. The molecular weight excluding hydrogens is 440 g/mol. The fourth-order valence-electron chi connectivity index (χ4n) is 3.67. The predicted octanol–water partition coefficient (Wildman–Crippen LogP) is 2.57. The van der Waals surface area contributed by atoms with Crippen molar-refractivity contribution < 1.29 is 19.4 Å². The molecule has 1 aromatic heterocycles. The summed E-state index contributed by atoms with van der Waals surface area (Å²) in [5, 5.41) is 30.1. The minimum atomic E-state index is -0.710. The van der Waals surface area contributed by atoms with Gasteiger partial charge in [0.15, 0.2) is 0 Å². The lowest BCUT2D eigenvalue weighted by molar-refractivity contribution is 0.0924. The molecular formula is C24H30N4O4S. The number of thioether (sulfide) groups is 1. The van der Waals surface area contributed by atoms with Crippen LogP contribution in [-0.2, 0) is 5.75 Å². The number of aliphatic hydroxyl groups excluding tert-OH is 2. The number of benzene rings is 2. The van der Waals surface area contributed by atoms with Gasteiger partial charge in [-0.15, -0.1) is 22.0 Å². The quantitative estimate of drug-likeness (QED) is 0.345. The molecule has 0 saturated carbocycles. The van der Waals surface area contributed by atoms with Crippen LogP contribution in [0.3, 0.4) is 0 Å². The standard InChI is InChI=1S/C24H30N4O4S/c29-16-21(30)14-25-19-10-11-28(15-19)20-8-6-18(7-9-20)24-27-26-23(32-24)17-33-13-12-31-22-4-2-1-3-5-22/h1-9,19,21,25,29-30H,10-17H2. The Labute approximate surface area is 198 Å². The van der Waals surface area contributed by atoms with Crippen LogP contribution in [0.1, 0.15) is 12.3 Å². The van der Waals surface area contributed by atoms with Crippen molar-refractivity contribution in [3.63, 3.8) is 0 Å². The number of rotatable bonds is 12. The first-order valence-corrected chi connectivity index (χ1v) is 12.3. The van der Waals surface area contributed by atoms with Crippen LogP contribution in [0.15, 0.2) is 59.0 Å². The smallest absolute Gasteiger partial charge is 0.247 e.